The molecule has 6 aliphatic rings. The highest BCUT2D eigenvalue weighted by Crippen LogP contribution is 2.51. The van der Waals surface area contributed by atoms with Crippen molar-refractivity contribution in [3.8, 4) is 11.5 Å². The lowest BCUT2D eigenvalue weighted by Gasteiger charge is -2.38. The van der Waals surface area contributed by atoms with Gasteiger partial charge in [0.05, 0.1) is 29.8 Å². The number of fused-ring (bicyclic) bond motifs is 5. The monoisotopic (exact) mass is 902 g/mol. The van der Waals surface area contributed by atoms with Crippen molar-refractivity contribution in [1.29, 1.82) is 0 Å². The lowest BCUT2D eigenvalue weighted by Crippen LogP contribution is -2.57. The van der Waals surface area contributed by atoms with Crippen molar-refractivity contribution in [2.24, 2.45) is 11.8 Å². The maximum Gasteiger partial charge on any atom is 0.437 e. The van der Waals surface area contributed by atoms with Gasteiger partial charge < -0.3 is 29.2 Å². The second kappa shape index (κ2) is 16.8. The number of methoxy groups -OCH3 is 1. The molecule has 63 heavy (non-hydrogen) atoms. The standard InChI is InChI=1S/C45H57F3N4O10S/c1-41(16-9-17-41)61-35(53)23-28-11-7-5-4-6-8-12-29-25-44(29,40(56)51-63(57,58)42(2)19-20-42)50-38(54)34-26-43(27-52(34)39(28)55)18-15-31-32-24-30(60-22-10-21-59-3)13-14-33(32)49-37(36(31)62-43)45(46,47)48/h8,12-14,24,28-29,34H,4-7,9-11,15-23,25-27H2,1-3H3,(H,50,54)(H,51,56)/b12-8-/t28-,29-,34+,43-,44-/m1/s1. The van der Waals surface area contributed by atoms with Gasteiger partial charge in [-0.25, -0.2) is 13.4 Å². The van der Waals surface area contributed by atoms with Crippen molar-refractivity contribution in [1.82, 2.24) is 19.9 Å². The van der Waals surface area contributed by atoms with Crippen molar-refractivity contribution in [3.63, 3.8) is 0 Å². The van der Waals surface area contributed by atoms with E-state index in [4.69, 9.17) is 18.9 Å². The number of hydrogen-bond acceptors (Lipinski definition) is 11. The molecular formula is C45H57F3N4O10S. The summed E-state index contributed by atoms with van der Waals surface area (Å²) >= 11 is 0. The maximum absolute atomic E-state index is 14.9. The summed E-state index contributed by atoms with van der Waals surface area (Å²) in [6.07, 6.45) is 5.16. The van der Waals surface area contributed by atoms with Crippen molar-refractivity contribution in [2.45, 2.75) is 150 Å². The number of carbonyl (C=O) groups excluding carboxylic acids is 4. The Labute approximate surface area is 365 Å². The van der Waals surface area contributed by atoms with Crippen LogP contribution in [0.25, 0.3) is 10.9 Å². The molecule has 14 nitrogen and oxygen atoms in total. The number of sulfonamides is 1. The van der Waals surface area contributed by atoms with Crippen LogP contribution in [0.2, 0.25) is 0 Å². The van der Waals surface area contributed by atoms with E-state index >= 15 is 0 Å². The van der Waals surface area contributed by atoms with Crippen LogP contribution < -0.4 is 19.5 Å². The van der Waals surface area contributed by atoms with Crippen LogP contribution in [0.4, 0.5) is 13.2 Å². The molecule has 3 amide bonds. The molecule has 4 fully saturated rings. The number of pyridine rings is 1. The van der Waals surface area contributed by atoms with E-state index in [-0.39, 0.29) is 49.7 Å². The van der Waals surface area contributed by atoms with Gasteiger partial charge in [-0.15, -0.1) is 0 Å². The molecule has 0 bridgehead atoms. The summed E-state index contributed by atoms with van der Waals surface area (Å²) in [5.41, 5.74) is -4.67. The molecule has 1 aromatic carbocycles. The van der Waals surface area contributed by atoms with E-state index < -0.39 is 90.7 Å². The van der Waals surface area contributed by atoms with E-state index in [2.05, 4.69) is 15.0 Å². The number of aryl methyl sites for hydroxylation is 1. The van der Waals surface area contributed by atoms with Crippen LogP contribution in [0.15, 0.2) is 30.4 Å². The largest absolute Gasteiger partial charge is 0.493 e. The highest BCUT2D eigenvalue weighted by Gasteiger charge is 2.64. The molecule has 2 N–H and O–H groups in total. The SMILES string of the molecule is COCCCOc1ccc2nc(C(F)(F)F)c3c(c2c1)CC[C@]1(C[C@H]2C(=O)N[C@]4(C(=O)NS(=O)(=O)C5(C)CC5)C[C@H]4/C=C\CCCCC[C@H](CC(=O)OC4(C)CCC4)C(=O)N2C1)O3. The maximum atomic E-state index is 14.9. The number of nitrogens with one attached hydrogen (secondary N) is 2. The highest BCUT2D eigenvalue weighted by molar-refractivity contribution is 7.91. The van der Waals surface area contributed by atoms with Gasteiger partial charge in [0.15, 0.2) is 11.4 Å². The van der Waals surface area contributed by atoms with Crippen molar-refractivity contribution in [3.05, 3.63) is 41.6 Å². The van der Waals surface area contributed by atoms with Crippen molar-refractivity contribution in [2.75, 3.05) is 26.9 Å². The number of aromatic nitrogens is 1. The molecule has 1 spiro atoms. The molecule has 1 aromatic heterocycles. The Morgan fingerprint density at radius 1 is 1.03 bits per heavy atom. The number of ether oxygens (including phenoxy) is 4. The third kappa shape index (κ3) is 9.12. The van der Waals surface area contributed by atoms with E-state index in [1.807, 2.05) is 13.0 Å². The number of nitrogens with zero attached hydrogens (tertiary/aromatic N) is 2. The minimum Gasteiger partial charge on any atom is -0.493 e. The fourth-order valence-corrected chi connectivity index (χ4v) is 10.9. The van der Waals surface area contributed by atoms with Crippen LogP contribution in [0.3, 0.4) is 0 Å². The van der Waals surface area contributed by atoms with E-state index in [0.717, 1.165) is 12.8 Å². The minimum atomic E-state index is -4.93. The van der Waals surface area contributed by atoms with E-state index in [0.29, 0.717) is 82.1 Å². The van der Waals surface area contributed by atoms with Gasteiger partial charge in [-0.1, -0.05) is 25.0 Å². The fourth-order valence-electron chi connectivity index (χ4n) is 9.61. The minimum absolute atomic E-state index is 0.0745. The van der Waals surface area contributed by atoms with Gasteiger partial charge in [-0.2, -0.15) is 13.2 Å². The Kier molecular flexibility index (Phi) is 12.1. The Morgan fingerprint density at radius 2 is 1.81 bits per heavy atom. The van der Waals surface area contributed by atoms with E-state index in [1.165, 1.54) is 11.0 Å². The Morgan fingerprint density at radius 3 is 2.51 bits per heavy atom. The molecule has 2 aromatic rings. The van der Waals surface area contributed by atoms with Gasteiger partial charge in [0.2, 0.25) is 21.8 Å². The van der Waals surface area contributed by atoms with Crippen LogP contribution in [0.5, 0.6) is 11.5 Å². The predicted molar refractivity (Wildman–Crippen MR) is 223 cm³/mol. The van der Waals surface area contributed by atoms with Crippen LogP contribution in [0.1, 0.15) is 121 Å². The number of allylic oxidation sites excluding steroid dienone is 1. The van der Waals surface area contributed by atoms with Crippen LogP contribution in [0, 0.1) is 11.8 Å². The Balaban J connectivity index is 1.14. The zero-order valence-corrected chi connectivity index (χ0v) is 36.9. The van der Waals surface area contributed by atoms with Crippen molar-refractivity contribution < 1.29 is 59.7 Å². The summed E-state index contributed by atoms with van der Waals surface area (Å²) in [4.78, 5) is 62.5. The van der Waals surface area contributed by atoms with Crippen LogP contribution >= 0.6 is 0 Å². The van der Waals surface area contributed by atoms with Gasteiger partial charge in [0, 0.05) is 49.3 Å². The lowest BCUT2D eigenvalue weighted by atomic mass is 9.82. The third-order valence-electron chi connectivity index (χ3n) is 14.1. The topological polar surface area (TPSA) is 180 Å². The molecule has 0 unspecified atom stereocenters. The molecule has 3 aliphatic heterocycles. The first-order valence-corrected chi connectivity index (χ1v) is 23.7. The van der Waals surface area contributed by atoms with E-state index in [9.17, 15) is 40.8 Å². The number of alkyl halides is 3. The molecule has 8 rings (SSSR count). The zero-order valence-electron chi connectivity index (χ0n) is 36.1. The van der Waals surface area contributed by atoms with Gasteiger partial charge in [0.1, 0.15) is 28.5 Å². The Hall–Kier alpha value is -4.45. The summed E-state index contributed by atoms with van der Waals surface area (Å²) < 4.78 is 95.7. The molecule has 18 heteroatoms. The number of hydrogen-bond donors (Lipinski definition) is 2. The molecule has 344 valence electrons. The summed E-state index contributed by atoms with van der Waals surface area (Å²) in [5, 5.41) is 3.25. The quantitative estimate of drug-likeness (QED) is 0.149. The van der Waals surface area contributed by atoms with Crippen molar-refractivity contribution >= 4 is 44.6 Å². The summed E-state index contributed by atoms with van der Waals surface area (Å²) in [6.45, 7) is 3.88. The smallest absolute Gasteiger partial charge is 0.437 e. The summed E-state index contributed by atoms with van der Waals surface area (Å²) in [5.74, 6) is -4.31. The van der Waals surface area contributed by atoms with E-state index in [1.54, 1.807) is 32.2 Å². The molecule has 5 atom stereocenters. The summed E-state index contributed by atoms with van der Waals surface area (Å²) in [6, 6.07) is 3.30. The average molecular weight is 903 g/mol. The molecule has 4 heterocycles. The van der Waals surface area contributed by atoms with Gasteiger partial charge >= 0.3 is 12.1 Å². The predicted octanol–water partition coefficient (Wildman–Crippen LogP) is 6.22. The first kappa shape index (κ1) is 45.1. The average Bonchev–Trinajstić information content (AvgIpc) is 4.11. The number of esters is 1. The number of amides is 3. The second-order valence-electron chi connectivity index (χ2n) is 19.0. The fraction of sp³-hybridized carbons (Fsp3) is 0.667. The molecule has 3 aliphatic carbocycles. The van der Waals surface area contributed by atoms with Gasteiger partial charge in [0.25, 0.3) is 5.91 Å². The lowest BCUT2D eigenvalue weighted by molar-refractivity contribution is -0.169. The number of carbonyl (C=O) groups is 4. The first-order valence-electron chi connectivity index (χ1n) is 22.2. The summed E-state index contributed by atoms with van der Waals surface area (Å²) in [7, 11) is -2.52. The number of rotatable bonds is 11. The highest BCUT2D eigenvalue weighted by atomic mass is 32.2. The molecular weight excluding hydrogens is 846 g/mol. The first-order chi connectivity index (χ1) is 29.8. The number of benzene rings is 1. The van der Waals surface area contributed by atoms with Gasteiger partial charge in [-0.3, -0.25) is 23.9 Å². The normalized spacial score (nSPS) is 29.4. The molecule has 3 saturated carbocycles. The molecule has 1 saturated heterocycles. The molecule has 0 radical (unpaired) electrons. The second-order valence-corrected chi connectivity index (χ2v) is 21.2. The third-order valence-corrected chi connectivity index (χ3v) is 16.3. The zero-order chi connectivity index (χ0) is 45.0. The van der Waals surface area contributed by atoms with Crippen LogP contribution in [-0.4, -0.2) is 96.4 Å². The Bertz CT molecular complexity index is 2300. The van der Waals surface area contributed by atoms with Gasteiger partial charge in [-0.05, 0) is 103 Å². The van der Waals surface area contributed by atoms with Crippen LogP contribution in [-0.2, 0) is 51.3 Å². The number of halogens is 3.